The number of fused-ring (bicyclic) bond motifs is 1. The number of pyridine rings is 1. The van der Waals surface area contributed by atoms with Crippen molar-refractivity contribution in [3.8, 4) is 11.8 Å². The molecule has 1 aliphatic rings. The van der Waals surface area contributed by atoms with Gasteiger partial charge in [-0.2, -0.15) is 10.4 Å². The fourth-order valence-corrected chi connectivity index (χ4v) is 3.56. The Morgan fingerprint density at radius 2 is 2.18 bits per heavy atom. The standard InChI is InChI=1S/C21H24N6O/c1-2-28-17-7-5-15(6-8-17)26-21-12-19(25-16-4-3-10-23-14-16)18(13-22)20-9-11-24-27(20)21/h5-9,11-12,16,23,25-26H,2-4,10,14H2,1H3/t16-/m1/s1. The van der Waals surface area contributed by atoms with E-state index in [1.165, 1.54) is 0 Å². The molecule has 3 N–H and O–H groups in total. The molecule has 1 saturated heterocycles. The zero-order chi connectivity index (χ0) is 19.3. The molecule has 2 aromatic heterocycles. The first-order valence-electron chi connectivity index (χ1n) is 9.66. The molecule has 0 spiro atoms. The van der Waals surface area contributed by atoms with Gasteiger partial charge >= 0.3 is 0 Å². The van der Waals surface area contributed by atoms with Crippen LogP contribution < -0.4 is 20.7 Å². The van der Waals surface area contributed by atoms with E-state index in [2.05, 4.69) is 27.1 Å². The molecule has 1 aromatic carbocycles. The predicted molar refractivity (Wildman–Crippen MR) is 110 cm³/mol. The van der Waals surface area contributed by atoms with E-state index in [1.807, 2.05) is 43.3 Å². The fraction of sp³-hybridized carbons (Fsp3) is 0.333. The Kier molecular flexibility index (Phi) is 5.31. The number of rotatable bonds is 6. The SMILES string of the molecule is CCOc1ccc(Nc2cc(N[C@@H]3CCCNC3)c(C#N)c3ccnn23)cc1. The zero-order valence-corrected chi connectivity index (χ0v) is 15.9. The lowest BCUT2D eigenvalue weighted by Crippen LogP contribution is -2.38. The predicted octanol–water partition coefficient (Wildman–Crippen LogP) is 3.51. The van der Waals surface area contributed by atoms with Gasteiger partial charge in [-0.05, 0) is 56.6 Å². The summed E-state index contributed by atoms with van der Waals surface area (Å²) in [6.45, 7) is 4.56. The average molecular weight is 376 g/mol. The number of piperidine rings is 1. The highest BCUT2D eigenvalue weighted by molar-refractivity contribution is 5.78. The molecule has 0 aliphatic carbocycles. The van der Waals surface area contributed by atoms with Gasteiger partial charge in [0.2, 0.25) is 0 Å². The Morgan fingerprint density at radius 1 is 1.32 bits per heavy atom. The minimum atomic E-state index is 0.310. The zero-order valence-electron chi connectivity index (χ0n) is 15.9. The molecule has 3 aromatic rings. The van der Waals surface area contributed by atoms with Crippen LogP contribution in [0.5, 0.6) is 5.75 Å². The molecule has 7 nitrogen and oxygen atoms in total. The normalized spacial score (nSPS) is 16.5. The summed E-state index contributed by atoms with van der Waals surface area (Å²) in [7, 11) is 0. The first-order valence-corrected chi connectivity index (χ1v) is 9.66. The number of nitrogens with zero attached hydrogens (tertiary/aromatic N) is 3. The molecular weight excluding hydrogens is 352 g/mol. The Bertz CT molecular complexity index is 983. The summed E-state index contributed by atoms with van der Waals surface area (Å²) >= 11 is 0. The average Bonchev–Trinajstić information content (AvgIpc) is 3.21. The Balaban J connectivity index is 1.67. The van der Waals surface area contributed by atoms with E-state index < -0.39 is 0 Å². The van der Waals surface area contributed by atoms with E-state index in [0.29, 0.717) is 18.2 Å². The lowest BCUT2D eigenvalue weighted by Gasteiger charge is -2.26. The fourth-order valence-electron chi connectivity index (χ4n) is 3.56. The van der Waals surface area contributed by atoms with Crippen LogP contribution in [0.2, 0.25) is 0 Å². The van der Waals surface area contributed by atoms with Gasteiger partial charge in [-0.1, -0.05) is 0 Å². The number of nitrogens with one attached hydrogen (secondary N) is 3. The van der Waals surface area contributed by atoms with Gasteiger partial charge in [0.1, 0.15) is 23.2 Å². The minimum Gasteiger partial charge on any atom is -0.494 e. The highest BCUT2D eigenvalue weighted by Crippen LogP contribution is 2.29. The third kappa shape index (κ3) is 3.73. The van der Waals surface area contributed by atoms with Gasteiger partial charge < -0.3 is 20.7 Å². The highest BCUT2D eigenvalue weighted by atomic mass is 16.5. The van der Waals surface area contributed by atoms with E-state index in [4.69, 9.17) is 4.74 Å². The van der Waals surface area contributed by atoms with Gasteiger partial charge in [-0.15, -0.1) is 0 Å². The summed E-state index contributed by atoms with van der Waals surface area (Å²) in [6.07, 6.45) is 3.93. The Labute approximate surface area is 164 Å². The van der Waals surface area contributed by atoms with Crippen LogP contribution in [0.4, 0.5) is 17.2 Å². The van der Waals surface area contributed by atoms with Crippen LogP contribution in [0.3, 0.4) is 0 Å². The first kappa shape index (κ1) is 18.1. The monoisotopic (exact) mass is 376 g/mol. The molecule has 1 fully saturated rings. The maximum absolute atomic E-state index is 9.74. The van der Waals surface area contributed by atoms with Crippen LogP contribution in [-0.2, 0) is 0 Å². The summed E-state index contributed by atoms with van der Waals surface area (Å²) in [5, 5.41) is 24.5. The number of nitriles is 1. The van der Waals surface area contributed by atoms with Crippen molar-refractivity contribution in [1.82, 2.24) is 14.9 Å². The van der Waals surface area contributed by atoms with Gasteiger partial charge in [0.15, 0.2) is 0 Å². The maximum Gasteiger partial charge on any atom is 0.134 e. The van der Waals surface area contributed by atoms with E-state index in [0.717, 1.165) is 54.4 Å². The van der Waals surface area contributed by atoms with Crippen LogP contribution >= 0.6 is 0 Å². The largest absolute Gasteiger partial charge is 0.494 e. The summed E-state index contributed by atoms with van der Waals surface area (Å²) in [6, 6.07) is 14.3. The molecule has 1 aliphatic heterocycles. The van der Waals surface area contributed by atoms with Gasteiger partial charge in [-0.25, -0.2) is 4.52 Å². The van der Waals surface area contributed by atoms with Crippen molar-refractivity contribution in [2.75, 3.05) is 30.3 Å². The smallest absolute Gasteiger partial charge is 0.134 e. The van der Waals surface area contributed by atoms with Crippen molar-refractivity contribution in [2.45, 2.75) is 25.8 Å². The molecule has 0 unspecified atom stereocenters. The molecule has 144 valence electrons. The number of hydrogen-bond acceptors (Lipinski definition) is 6. The molecule has 4 rings (SSSR count). The number of hydrogen-bond donors (Lipinski definition) is 3. The van der Waals surface area contributed by atoms with Crippen molar-refractivity contribution in [1.29, 1.82) is 5.26 Å². The molecule has 0 saturated carbocycles. The van der Waals surface area contributed by atoms with E-state index in [-0.39, 0.29) is 0 Å². The highest BCUT2D eigenvalue weighted by Gasteiger charge is 2.18. The van der Waals surface area contributed by atoms with E-state index in [1.54, 1.807) is 10.7 Å². The summed E-state index contributed by atoms with van der Waals surface area (Å²) in [5.41, 5.74) is 3.15. The quantitative estimate of drug-likeness (QED) is 0.610. The molecule has 0 radical (unpaired) electrons. The van der Waals surface area contributed by atoms with Gasteiger partial charge in [-0.3, -0.25) is 0 Å². The molecular formula is C21H24N6O. The first-order chi connectivity index (χ1) is 13.8. The Morgan fingerprint density at radius 3 is 2.89 bits per heavy atom. The van der Waals surface area contributed by atoms with Crippen molar-refractivity contribution < 1.29 is 4.74 Å². The van der Waals surface area contributed by atoms with Crippen molar-refractivity contribution >= 4 is 22.7 Å². The van der Waals surface area contributed by atoms with E-state index >= 15 is 0 Å². The van der Waals surface area contributed by atoms with Crippen LogP contribution in [-0.4, -0.2) is 35.4 Å². The minimum absolute atomic E-state index is 0.310. The van der Waals surface area contributed by atoms with Crippen LogP contribution in [0, 0.1) is 11.3 Å². The second kappa shape index (κ2) is 8.19. The summed E-state index contributed by atoms with van der Waals surface area (Å²) < 4.78 is 7.27. The van der Waals surface area contributed by atoms with Gasteiger partial charge in [0, 0.05) is 24.3 Å². The second-order valence-corrected chi connectivity index (χ2v) is 6.83. The number of benzene rings is 1. The van der Waals surface area contributed by atoms with Crippen LogP contribution in [0.15, 0.2) is 42.6 Å². The number of aromatic nitrogens is 2. The number of ether oxygens (including phenoxy) is 1. The number of anilines is 3. The van der Waals surface area contributed by atoms with Crippen molar-refractivity contribution in [3.05, 3.63) is 48.2 Å². The van der Waals surface area contributed by atoms with Gasteiger partial charge in [0.05, 0.1) is 24.0 Å². The lowest BCUT2D eigenvalue weighted by atomic mass is 10.1. The second-order valence-electron chi connectivity index (χ2n) is 6.83. The Hall–Kier alpha value is -3.24. The van der Waals surface area contributed by atoms with Crippen LogP contribution in [0.1, 0.15) is 25.3 Å². The third-order valence-electron chi connectivity index (χ3n) is 4.88. The van der Waals surface area contributed by atoms with Gasteiger partial charge in [0.25, 0.3) is 0 Å². The summed E-state index contributed by atoms with van der Waals surface area (Å²) in [5.74, 6) is 1.64. The molecule has 1 atom stereocenters. The molecule has 3 heterocycles. The maximum atomic E-state index is 9.74. The molecule has 0 bridgehead atoms. The van der Waals surface area contributed by atoms with E-state index in [9.17, 15) is 5.26 Å². The topological polar surface area (TPSA) is 86.4 Å². The molecule has 0 amide bonds. The molecule has 7 heteroatoms. The van der Waals surface area contributed by atoms with Crippen LogP contribution in [0.25, 0.3) is 5.52 Å². The third-order valence-corrected chi connectivity index (χ3v) is 4.88. The molecule has 28 heavy (non-hydrogen) atoms. The van der Waals surface area contributed by atoms with Crippen molar-refractivity contribution in [3.63, 3.8) is 0 Å². The summed E-state index contributed by atoms with van der Waals surface area (Å²) in [4.78, 5) is 0. The van der Waals surface area contributed by atoms with Crippen molar-refractivity contribution in [2.24, 2.45) is 0 Å². The lowest BCUT2D eigenvalue weighted by molar-refractivity contribution is 0.340.